The van der Waals surface area contributed by atoms with Crippen LogP contribution < -0.4 is 10.5 Å². The number of imidazole rings is 1. The van der Waals surface area contributed by atoms with Crippen molar-refractivity contribution in [3.05, 3.63) is 41.4 Å². The molecule has 0 aliphatic rings. The molecule has 0 saturated carbocycles. The number of hydrogen-bond donors (Lipinski definition) is 1. The molecular weight excluding hydrogens is 238 g/mol. The van der Waals surface area contributed by atoms with E-state index in [2.05, 4.69) is 4.98 Å². The minimum Gasteiger partial charge on any atom is -0.495 e. The van der Waals surface area contributed by atoms with Gasteiger partial charge in [0.25, 0.3) is 0 Å². The molecule has 0 radical (unpaired) electrons. The highest BCUT2D eigenvalue weighted by Gasteiger charge is 2.12. The number of nitrogens with two attached hydrogens (primary N) is 1. The standard InChI is InChI=1S/C12H14ClN3O/c1-8(14)11-6-15-7-16(11)10-5-9(13)3-4-12(10)17-2/h3-8H,14H2,1-2H3/t8-/m0/s1. The summed E-state index contributed by atoms with van der Waals surface area (Å²) in [6.45, 7) is 1.91. The third-order valence-corrected chi connectivity index (χ3v) is 2.77. The Kier molecular flexibility index (Phi) is 3.36. The third kappa shape index (κ3) is 2.28. The molecule has 90 valence electrons. The maximum atomic E-state index is 6.00. The van der Waals surface area contributed by atoms with Gasteiger partial charge in [0.15, 0.2) is 0 Å². The second-order valence-corrected chi connectivity index (χ2v) is 4.23. The molecule has 2 aromatic rings. The first-order valence-corrected chi connectivity index (χ1v) is 5.63. The van der Waals surface area contributed by atoms with E-state index in [-0.39, 0.29) is 6.04 Å². The monoisotopic (exact) mass is 251 g/mol. The minimum atomic E-state index is -0.110. The second-order valence-electron chi connectivity index (χ2n) is 3.79. The van der Waals surface area contributed by atoms with E-state index in [1.807, 2.05) is 23.6 Å². The molecule has 17 heavy (non-hydrogen) atoms. The van der Waals surface area contributed by atoms with Gasteiger partial charge in [-0.05, 0) is 25.1 Å². The van der Waals surface area contributed by atoms with Crippen LogP contribution in [0.15, 0.2) is 30.7 Å². The molecule has 0 unspecified atom stereocenters. The van der Waals surface area contributed by atoms with Crippen molar-refractivity contribution in [3.8, 4) is 11.4 Å². The van der Waals surface area contributed by atoms with Crippen molar-refractivity contribution in [2.45, 2.75) is 13.0 Å². The molecule has 0 saturated heterocycles. The largest absolute Gasteiger partial charge is 0.495 e. The van der Waals surface area contributed by atoms with E-state index in [0.717, 1.165) is 17.1 Å². The Balaban J connectivity index is 2.59. The molecule has 0 bridgehead atoms. The molecule has 1 atom stereocenters. The second kappa shape index (κ2) is 4.77. The van der Waals surface area contributed by atoms with Gasteiger partial charge in [-0.2, -0.15) is 0 Å². The van der Waals surface area contributed by atoms with Crippen LogP contribution in [0.3, 0.4) is 0 Å². The number of hydrogen-bond acceptors (Lipinski definition) is 3. The molecule has 0 fully saturated rings. The van der Waals surface area contributed by atoms with Gasteiger partial charge in [0.2, 0.25) is 0 Å². The lowest BCUT2D eigenvalue weighted by atomic mass is 10.2. The summed E-state index contributed by atoms with van der Waals surface area (Å²) in [4.78, 5) is 4.11. The summed E-state index contributed by atoms with van der Waals surface area (Å²) in [6.07, 6.45) is 3.44. The first kappa shape index (κ1) is 12.0. The molecule has 1 heterocycles. The van der Waals surface area contributed by atoms with Crippen molar-refractivity contribution in [2.24, 2.45) is 5.73 Å². The molecule has 0 aliphatic heterocycles. The number of ether oxygens (including phenoxy) is 1. The van der Waals surface area contributed by atoms with Crippen molar-refractivity contribution < 1.29 is 4.74 Å². The maximum absolute atomic E-state index is 6.00. The van der Waals surface area contributed by atoms with E-state index in [9.17, 15) is 0 Å². The highest BCUT2D eigenvalue weighted by atomic mass is 35.5. The lowest BCUT2D eigenvalue weighted by Gasteiger charge is -2.14. The first-order valence-electron chi connectivity index (χ1n) is 5.25. The fourth-order valence-electron chi connectivity index (χ4n) is 1.69. The molecule has 2 N–H and O–H groups in total. The van der Waals surface area contributed by atoms with Crippen LogP contribution in [0.25, 0.3) is 5.69 Å². The smallest absolute Gasteiger partial charge is 0.142 e. The number of halogens is 1. The number of methoxy groups -OCH3 is 1. The zero-order valence-electron chi connectivity index (χ0n) is 9.72. The zero-order valence-corrected chi connectivity index (χ0v) is 10.5. The predicted octanol–water partition coefficient (Wildman–Crippen LogP) is 2.55. The first-order chi connectivity index (χ1) is 8.13. The van der Waals surface area contributed by atoms with Gasteiger partial charge < -0.3 is 10.5 Å². The molecule has 1 aromatic heterocycles. The van der Waals surface area contributed by atoms with Crippen LogP contribution in [0.5, 0.6) is 5.75 Å². The van der Waals surface area contributed by atoms with Crippen LogP contribution in [-0.2, 0) is 0 Å². The van der Waals surface area contributed by atoms with E-state index in [1.165, 1.54) is 0 Å². The average Bonchev–Trinajstić information content (AvgIpc) is 2.77. The summed E-state index contributed by atoms with van der Waals surface area (Å²) in [7, 11) is 1.62. The molecule has 0 spiro atoms. The van der Waals surface area contributed by atoms with E-state index < -0.39 is 0 Å². The van der Waals surface area contributed by atoms with Crippen molar-refractivity contribution in [1.82, 2.24) is 9.55 Å². The van der Waals surface area contributed by atoms with E-state index in [0.29, 0.717) is 5.02 Å². The highest BCUT2D eigenvalue weighted by Crippen LogP contribution is 2.28. The van der Waals surface area contributed by atoms with Gasteiger partial charge in [0.1, 0.15) is 5.75 Å². The van der Waals surface area contributed by atoms with Crippen LogP contribution in [0.4, 0.5) is 0 Å². The average molecular weight is 252 g/mol. The predicted molar refractivity (Wildman–Crippen MR) is 67.7 cm³/mol. The van der Waals surface area contributed by atoms with Gasteiger partial charge in [0, 0.05) is 11.1 Å². The number of rotatable bonds is 3. The lowest BCUT2D eigenvalue weighted by molar-refractivity contribution is 0.412. The van der Waals surface area contributed by atoms with Crippen molar-refractivity contribution in [2.75, 3.05) is 7.11 Å². The number of nitrogens with zero attached hydrogens (tertiary/aromatic N) is 2. The van der Waals surface area contributed by atoms with Crippen molar-refractivity contribution in [3.63, 3.8) is 0 Å². The number of benzene rings is 1. The quantitative estimate of drug-likeness (QED) is 0.912. The summed E-state index contributed by atoms with van der Waals surface area (Å²) in [5.41, 5.74) is 7.64. The van der Waals surface area contributed by atoms with Crippen molar-refractivity contribution in [1.29, 1.82) is 0 Å². The Morgan fingerprint density at radius 2 is 2.24 bits per heavy atom. The molecule has 1 aromatic carbocycles. The SMILES string of the molecule is COc1ccc(Cl)cc1-n1cncc1[C@H](C)N. The van der Waals surface area contributed by atoms with Crippen LogP contribution in [0.1, 0.15) is 18.7 Å². The fraction of sp³-hybridized carbons (Fsp3) is 0.250. The molecule has 0 aliphatic carbocycles. The third-order valence-electron chi connectivity index (χ3n) is 2.53. The summed E-state index contributed by atoms with van der Waals surface area (Å²) < 4.78 is 7.20. The van der Waals surface area contributed by atoms with Gasteiger partial charge in [-0.15, -0.1) is 0 Å². The summed E-state index contributed by atoms with van der Waals surface area (Å²) >= 11 is 6.00. The van der Waals surface area contributed by atoms with Gasteiger partial charge in [0.05, 0.1) is 31.0 Å². The summed E-state index contributed by atoms with van der Waals surface area (Å²) in [6, 6.07) is 5.32. The molecule has 4 nitrogen and oxygen atoms in total. The Morgan fingerprint density at radius 1 is 1.47 bits per heavy atom. The Labute approximate surface area is 105 Å². The van der Waals surface area contributed by atoms with Gasteiger partial charge in [-0.3, -0.25) is 4.57 Å². The fourth-order valence-corrected chi connectivity index (χ4v) is 1.86. The number of aromatic nitrogens is 2. The van der Waals surface area contributed by atoms with Crippen LogP contribution >= 0.6 is 11.6 Å². The van der Waals surface area contributed by atoms with Crippen molar-refractivity contribution >= 4 is 11.6 Å². The lowest BCUT2D eigenvalue weighted by Crippen LogP contribution is -2.11. The van der Waals surface area contributed by atoms with Gasteiger partial charge in [-0.25, -0.2) is 4.98 Å². The topological polar surface area (TPSA) is 53.1 Å². The molecule has 5 heteroatoms. The van der Waals surface area contributed by atoms with Gasteiger partial charge >= 0.3 is 0 Å². The summed E-state index contributed by atoms with van der Waals surface area (Å²) in [5, 5.41) is 0.644. The Morgan fingerprint density at radius 3 is 2.88 bits per heavy atom. The zero-order chi connectivity index (χ0) is 12.4. The van der Waals surface area contributed by atoms with E-state index in [4.69, 9.17) is 22.1 Å². The molecule has 0 amide bonds. The Bertz CT molecular complexity index is 522. The Hall–Kier alpha value is -1.52. The van der Waals surface area contributed by atoms with Crippen LogP contribution in [0.2, 0.25) is 5.02 Å². The van der Waals surface area contributed by atoms with Gasteiger partial charge in [-0.1, -0.05) is 11.6 Å². The summed E-state index contributed by atoms with van der Waals surface area (Å²) in [5.74, 6) is 0.731. The highest BCUT2D eigenvalue weighted by molar-refractivity contribution is 6.30. The van der Waals surface area contributed by atoms with E-state index in [1.54, 1.807) is 25.7 Å². The van der Waals surface area contributed by atoms with E-state index >= 15 is 0 Å². The van der Waals surface area contributed by atoms with Crippen LogP contribution in [-0.4, -0.2) is 16.7 Å². The van der Waals surface area contributed by atoms with Crippen LogP contribution in [0, 0.1) is 0 Å². The molecular formula is C12H14ClN3O. The molecule has 2 rings (SSSR count). The normalized spacial score (nSPS) is 12.5. The maximum Gasteiger partial charge on any atom is 0.142 e. The minimum absolute atomic E-state index is 0.110.